The van der Waals surface area contributed by atoms with E-state index >= 15 is 0 Å². The third kappa shape index (κ3) is 3.87. The van der Waals surface area contributed by atoms with E-state index in [0.29, 0.717) is 5.75 Å². The van der Waals surface area contributed by atoms with E-state index in [1.165, 1.54) is 0 Å². The predicted molar refractivity (Wildman–Crippen MR) is 79.7 cm³/mol. The van der Waals surface area contributed by atoms with E-state index < -0.39 is 6.10 Å². The van der Waals surface area contributed by atoms with E-state index in [-0.39, 0.29) is 30.6 Å². The lowest BCUT2D eigenvalue weighted by Crippen LogP contribution is -2.31. The number of hydrogen-bond acceptors (Lipinski definition) is 4. The van der Waals surface area contributed by atoms with Gasteiger partial charge in [-0.15, -0.1) is 24.8 Å². The number of amidine groups is 1. The summed E-state index contributed by atoms with van der Waals surface area (Å²) in [6.07, 6.45) is 1.17. The van der Waals surface area contributed by atoms with Crippen molar-refractivity contribution >= 4 is 41.6 Å². The van der Waals surface area contributed by atoms with Crippen molar-refractivity contribution in [3.63, 3.8) is 0 Å². The molecule has 0 fully saturated rings. The Morgan fingerprint density at radius 1 is 1.32 bits per heavy atom. The van der Waals surface area contributed by atoms with Crippen LogP contribution in [0.4, 0.5) is 0 Å². The molecule has 104 valence electrons. The summed E-state index contributed by atoms with van der Waals surface area (Å²) in [4.78, 5) is 4.22. The largest absolute Gasteiger partial charge is 0.482 e. The number of pyridine rings is 1. The van der Waals surface area contributed by atoms with Gasteiger partial charge in [0.25, 0.3) is 0 Å². The first-order chi connectivity index (χ1) is 8.22. The molecule has 1 heterocycles. The average Bonchev–Trinajstić information content (AvgIpc) is 2.38. The summed E-state index contributed by atoms with van der Waals surface area (Å²) in [6.45, 7) is 1.71. The third-order valence-corrected chi connectivity index (χ3v) is 2.44. The summed E-state index contributed by atoms with van der Waals surface area (Å²) in [7, 11) is 0. The third-order valence-electron chi connectivity index (χ3n) is 2.44. The maximum Gasteiger partial charge on any atom is 0.180 e. The van der Waals surface area contributed by atoms with Crippen LogP contribution in [0.2, 0.25) is 0 Å². The lowest BCUT2D eigenvalue weighted by molar-refractivity contribution is 0.268. The van der Waals surface area contributed by atoms with Crippen LogP contribution in [0, 0.1) is 0 Å². The molecule has 1 aromatic heterocycles. The lowest BCUT2D eigenvalue weighted by Gasteiger charge is -2.14. The number of benzene rings is 1. The van der Waals surface area contributed by atoms with Crippen LogP contribution in [0.1, 0.15) is 6.92 Å². The molecule has 2 aromatic rings. The topological polar surface area (TPSA) is 80.7 Å². The van der Waals surface area contributed by atoms with Gasteiger partial charge in [-0.2, -0.15) is 0 Å². The number of ether oxygens (including phenoxy) is 1. The highest BCUT2D eigenvalue weighted by Gasteiger charge is 2.11. The molecule has 5 nitrogen and oxygen atoms in total. The van der Waals surface area contributed by atoms with Crippen LogP contribution in [-0.2, 0) is 0 Å². The van der Waals surface area contributed by atoms with Gasteiger partial charge in [0, 0.05) is 11.6 Å². The number of hydrogen-bond donors (Lipinski definition) is 2. The van der Waals surface area contributed by atoms with Crippen molar-refractivity contribution in [1.29, 1.82) is 0 Å². The minimum Gasteiger partial charge on any atom is -0.482 e. The first-order valence-corrected chi connectivity index (χ1v) is 5.20. The fourth-order valence-corrected chi connectivity index (χ4v) is 1.50. The Bertz CT molecular complexity index is 558. The first kappa shape index (κ1) is 17.3. The Labute approximate surface area is 123 Å². The molecule has 0 amide bonds. The second-order valence-corrected chi connectivity index (χ2v) is 3.61. The normalized spacial score (nSPS) is 12.2. The van der Waals surface area contributed by atoms with E-state index in [1.807, 2.05) is 24.3 Å². The number of aromatic nitrogens is 1. The van der Waals surface area contributed by atoms with Crippen LogP contribution < -0.4 is 10.5 Å². The van der Waals surface area contributed by atoms with Crippen LogP contribution in [0.5, 0.6) is 5.75 Å². The maximum atomic E-state index is 8.57. The minimum absolute atomic E-state index is 0. The molecule has 1 unspecified atom stereocenters. The summed E-state index contributed by atoms with van der Waals surface area (Å²) < 4.78 is 5.62. The monoisotopic (exact) mass is 303 g/mol. The summed E-state index contributed by atoms with van der Waals surface area (Å²) >= 11 is 0. The lowest BCUT2D eigenvalue weighted by atomic mass is 10.2. The van der Waals surface area contributed by atoms with E-state index in [9.17, 15) is 0 Å². The Morgan fingerprint density at radius 3 is 2.68 bits per heavy atom. The van der Waals surface area contributed by atoms with E-state index in [2.05, 4.69) is 10.1 Å². The smallest absolute Gasteiger partial charge is 0.180 e. The van der Waals surface area contributed by atoms with Crippen molar-refractivity contribution in [3.05, 3.63) is 36.5 Å². The molecular weight excluding hydrogens is 289 g/mol. The zero-order valence-corrected chi connectivity index (χ0v) is 11.8. The molecule has 0 radical (unpaired) electrons. The number of fused-ring (bicyclic) bond motifs is 1. The van der Waals surface area contributed by atoms with Crippen LogP contribution in [0.15, 0.2) is 41.7 Å². The molecule has 0 bridgehead atoms. The van der Waals surface area contributed by atoms with Gasteiger partial charge in [-0.1, -0.05) is 17.3 Å². The molecule has 1 atom stereocenters. The van der Waals surface area contributed by atoms with Crippen molar-refractivity contribution in [3.8, 4) is 5.75 Å². The van der Waals surface area contributed by atoms with Gasteiger partial charge < -0.3 is 15.7 Å². The van der Waals surface area contributed by atoms with Gasteiger partial charge in [-0.25, -0.2) is 0 Å². The van der Waals surface area contributed by atoms with Gasteiger partial charge in [0.15, 0.2) is 11.9 Å². The number of para-hydroxylation sites is 1. The second kappa shape index (κ2) is 7.66. The zero-order valence-electron chi connectivity index (χ0n) is 10.2. The average molecular weight is 304 g/mol. The zero-order chi connectivity index (χ0) is 12.3. The molecular formula is C12H15Cl2N3O2. The van der Waals surface area contributed by atoms with Gasteiger partial charge in [0.05, 0.1) is 5.52 Å². The molecule has 7 heteroatoms. The van der Waals surface area contributed by atoms with Gasteiger partial charge >= 0.3 is 0 Å². The highest BCUT2D eigenvalue weighted by Crippen LogP contribution is 2.24. The van der Waals surface area contributed by atoms with Crippen molar-refractivity contribution in [2.45, 2.75) is 13.0 Å². The molecule has 0 spiro atoms. The molecule has 1 aromatic carbocycles. The Kier molecular flexibility index (Phi) is 6.96. The number of oxime groups is 1. The summed E-state index contributed by atoms with van der Waals surface area (Å²) in [5.74, 6) is 0.695. The van der Waals surface area contributed by atoms with Crippen molar-refractivity contribution in [1.82, 2.24) is 4.98 Å². The number of nitrogens with zero attached hydrogens (tertiary/aromatic N) is 2. The van der Waals surface area contributed by atoms with Crippen molar-refractivity contribution in [2.75, 3.05) is 0 Å². The molecule has 0 aliphatic carbocycles. The van der Waals surface area contributed by atoms with E-state index in [1.54, 1.807) is 19.2 Å². The van der Waals surface area contributed by atoms with Gasteiger partial charge in [0.2, 0.25) is 0 Å². The molecule has 2 rings (SSSR count). The molecule has 19 heavy (non-hydrogen) atoms. The summed E-state index contributed by atoms with van der Waals surface area (Å²) in [5, 5.41) is 12.4. The van der Waals surface area contributed by atoms with Crippen LogP contribution in [0.25, 0.3) is 10.9 Å². The first-order valence-electron chi connectivity index (χ1n) is 5.20. The molecule has 0 aliphatic heterocycles. The summed E-state index contributed by atoms with van der Waals surface area (Å²) in [6, 6.07) is 9.38. The highest BCUT2D eigenvalue weighted by atomic mass is 35.5. The Hall–Kier alpha value is -1.72. The van der Waals surface area contributed by atoms with Crippen LogP contribution in [0.3, 0.4) is 0 Å². The molecule has 3 N–H and O–H groups in total. The molecule has 0 saturated heterocycles. The van der Waals surface area contributed by atoms with Crippen LogP contribution >= 0.6 is 24.8 Å². The quantitative estimate of drug-likeness (QED) is 0.395. The maximum absolute atomic E-state index is 8.57. The van der Waals surface area contributed by atoms with Crippen LogP contribution in [-0.4, -0.2) is 22.1 Å². The van der Waals surface area contributed by atoms with Crippen molar-refractivity contribution in [2.24, 2.45) is 10.9 Å². The number of rotatable bonds is 3. The fourth-order valence-electron chi connectivity index (χ4n) is 1.50. The van der Waals surface area contributed by atoms with Gasteiger partial charge in [-0.3, -0.25) is 4.98 Å². The standard InChI is InChI=1S/C12H13N3O2.2ClH/c1-8(12(13)15-16)17-11-6-7-14-10-5-3-2-4-9(10)11;;/h2-8,16H,1H3,(H2,13,15);2*1H. The fraction of sp³-hybridized carbons (Fsp3) is 0.167. The van der Waals surface area contributed by atoms with Gasteiger partial charge in [0.1, 0.15) is 5.75 Å². The minimum atomic E-state index is -0.495. The Morgan fingerprint density at radius 2 is 2.00 bits per heavy atom. The number of nitrogens with two attached hydrogens (primary N) is 1. The van der Waals surface area contributed by atoms with Crippen molar-refractivity contribution < 1.29 is 9.94 Å². The Balaban J connectivity index is 0.00000162. The predicted octanol–water partition coefficient (Wildman–Crippen LogP) is 2.59. The number of halogens is 2. The summed E-state index contributed by atoms with van der Waals surface area (Å²) in [5.41, 5.74) is 6.31. The van der Waals surface area contributed by atoms with E-state index in [0.717, 1.165) is 10.9 Å². The van der Waals surface area contributed by atoms with Gasteiger partial charge in [-0.05, 0) is 25.1 Å². The molecule has 0 saturated carbocycles. The molecule has 0 aliphatic rings. The highest BCUT2D eigenvalue weighted by molar-refractivity contribution is 5.87. The van der Waals surface area contributed by atoms with E-state index in [4.69, 9.17) is 15.7 Å². The second-order valence-electron chi connectivity index (χ2n) is 3.61. The SMILES string of the molecule is CC(Oc1ccnc2ccccc12)/C(N)=N\O.Cl.Cl.